The van der Waals surface area contributed by atoms with E-state index in [0.29, 0.717) is 10.9 Å². The van der Waals surface area contributed by atoms with Gasteiger partial charge in [0, 0.05) is 22.2 Å². The number of nitrogens with zero attached hydrogens (tertiary/aromatic N) is 1. The third-order valence-electron chi connectivity index (χ3n) is 5.14. The molecule has 0 saturated heterocycles. The van der Waals surface area contributed by atoms with Gasteiger partial charge in [0.05, 0.1) is 5.71 Å². The van der Waals surface area contributed by atoms with Gasteiger partial charge >= 0.3 is 0 Å². The van der Waals surface area contributed by atoms with Crippen molar-refractivity contribution in [2.45, 2.75) is 70.3 Å². The summed E-state index contributed by atoms with van der Waals surface area (Å²) in [5.41, 5.74) is 8.92. The van der Waals surface area contributed by atoms with E-state index in [4.69, 9.17) is 22.2 Å². The molecule has 2 N–H and O–H groups in total. The van der Waals surface area contributed by atoms with Crippen LogP contribution in [-0.2, 0) is 4.84 Å². The van der Waals surface area contributed by atoms with Gasteiger partial charge in [0.2, 0.25) is 0 Å². The molecule has 1 aromatic carbocycles. The van der Waals surface area contributed by atoms with E-state index in [0.717, 1.165) is 29.8 Å². The summed E-state index contributed by atoms with van der Waals surface area (Å²) in [5.74, 6) is 0.438. The first-order valence-corrected chi connectivity index (χ1v) is 9.41. The first-order chi connectivity index (χ1) is 11.2. The summed E-state index contributed by atoms with van der Waals surface area (Å²) in [6, 6.07) is 5.64. The fraction of sp³-hybridized carbons (Fsp3) is 0.632. The van der Waals surface area contributed by atoms with Gasteiger partial charge in [-0.25, -0.2) is 0 Å². The lowest BCUT2D eigenvalue weighted by molar-refractivity contribution is 0.0319. The Bertz CT molecular complexity index is 546. The number of anilines is 1. The van der Waals surface area contributed by atoms with Crippen molar-refractivity contribution in [1.82, 2.24) is 0 Å². The topological polar surface area (TPSA) is 47.6 Å². The maximum atomic E-state index is 6.21. The van der Waals surface area contributed by atoms with Crippen LogP contribution in [0.5, 0.6) is 0 Å². The maximum absolute atomic E-state index is 6.21. The zero-order valence-electron chi connectivity index (χ0n) is 13.8. The van der Waals surface area contributed by atoms with Gasteiger partial charge in [-0.3, -0.25) is 0 Å². The molecular formula is C19H27ClN2O. The van der Waals surface area contributed by atoms with Gasteiger partial charge < -0.3 is 10.6 Å². The fourth-order valence-electron chi connectivity index (χ4n) is 3.77. The van der Waals surface area contributed by atoms with Crippen LogP contribution < -0.4 is 5.73 Å². The largest absolute Gasteiger partial charge is 0.398 e. The van der Waals surface area contributed by atoms with E-state index in [1.165, 1.54) is 51.4 Å². The highest BCUT2D eigenvalue weighted by molar-refractivity contribution is 6.31. The number of hydrogen-bond donors (Lipinski definition) is 1. The lowest BCUT2D eigenvalue weighted by Crippen LogP contribution is -2.22. The minimum absolute atomic E-state index is 0.266. The Balaban J connectivity index is 1.84. The highest BCUT2D eigenvalue weighted by Crippen LogP contribution is 2.31. The Morgan fingerprint density at radius 1 is 1.00 bits per heavy atom. The molecule has 2 aliphatic rings. The van der Waals surface area contributed by atoms with Crippen LogP contribution in [0.3, 0.4) is 0 Å². The molecule has 0 aliphatic heterocycles. The van der Waals surface area contributed by atoms with Crippen molar-refractivity contribution in [3.63, 3.8) is 0 Å². The summed E-state index contributed by atoms with van der Waals surface area (Å²) in [7, 11) is 0. The van der Waals surface area contributed by atoms with Gasteiger partial charge in [-0.2, -0.15) is 0 Å². The van der Waals surface area contributed by atoms with E-state index in [1.807, 2.05) is 18.2 Å². The zero-order chi connectivity index (χ0) is 16.1. The normalized spacial score (nSPS) is 21.3. The molecular weight excluding hydrogens is 308 g/mol. The molecule has 2 saturated carbocycles. The monoisotopic (exact) mass is 334 g/mol. The van der Waals surface area contributed by atoms with Gasteiger partial charge in [0.1, 0.15) is 6.10 Å². The Morgan fingerprint density at radius 3 is 2.35 bits per heavy atom. The molecule has 0 spiro atoms. The summed E-state index contributed by atoms with van der Waals surface area (Å²) in [5, 5.41) is 5.33. The predicted molar refractivity (Wildman–Crippen MR) is 96.9 cm³/mol. The molecule has 0 heterocycles. The maximum Gasteiger partial charge on any atom is 0.127 e. The second-order valence-electron chi connectivity index (χ2n) is 6.91. The molecule has 0 amide bonds. The molecule has 3 rings (SSSR count). The smallest absolute Gasteiger partial charge is 0.127 e. The molecule has 2 fully saturated rings. The summed E-state index contributed by atoms with van der Waals surface area (Å²) >= 11 is 6.20. The third-order valence-corrected chi connectivity index (χ3v) is 5.37. The molecule has 0 bridgehead atoms. The van der Waals surface area contributed by atoms with Crippen molar-refractivity contribution >= 4 is 23.0 Å². The molecule has 1 aromatic rings. The quantitative estimate of drug-likeness (QED) is 0.445. The molecule has 3 nitrogen and oxygen atoms in total. The summed E-state index contributed by atoms with van der Waals surface area (Å²) in [4.78, 5) is 5.94. The van der Waals surface area contributed by atoms with Crippen LogP contribution in [0.25, 0.3) is 0 Å². The SMILES string of the molecule is Nc1ccc(Cl)cc1/C(=N/OC1CCCCC1)C1CCCCC1. The molecule has 0 unspecified atom stereocenters. The summed E-state index contributed by atoms with van der Waals surface area (Å²) < 4.78 is 0. The number of oxime groups is 1. The number of hydrogen-bond acceptors (Lipinski definition) is 3. The number of nitrogens with two attached hydrogens (primary N) is 1. The van der Waals surface area contributed by atoms with Crippen LogP contribution >= 0.6 is 11.6 Å². The lowest BCUT2D eigenvalue weighted by atomic mass is 9.83. The molecule has 2 aliphatic carbocycles. The van der Waals surface area contributed by atoms with E-state index in [-0.39, 0.29) is 6.10 Å². The molecule has 23 heavy (non-hydrogen) atoms. The number of rotatable bonds is 4. The molecule has 4 heteroatoms. The van der Waals surface area contributed by atoms with Crippen molar-refractivity contribution < 1.29 is 4.84 Å². The van der Waals surface area contributed by atoms with Crippen LogP contribution in [-0.4, -0.2) is 11.8 Å². The minimum Gasteiger partial charge on any atom is -0.398 e. The lowest BCUT2D eigenvalue weighted by Gasteiger charge is -2.25. The van der Waals surface area contributed by atoms with Crippen LogP contribution in [0.4, 0.5) is 5.69 Å². The first-order valence-electron chi connectivity index (χ1n) is 9.03. The van der Waals surface area contributed by atoms with Crippen LogP contribution in [0.1, 0.15) is 69.8 Å². The fourth-order valence-corrected chi connectivity index (χ4v) is 3.94. The second-order valence-corrected chi connectivity index (χ2v) is 7.34. The zero-order valence-corrected chi connectivity index (χ0v) is 14.5. The highest BCUT2D eigenvalue weighted by atomic mass is 35.5. The number of halogens is 1. The molecule has 0 aromatic heterocycles. The summed E-state index contributed by atoms with van der Waals surface area (Å²) in [6.07, 6.45) is 12.5. The van der Waals surface area contributed by atoms with Gasteiger partial charge in [-0.15, -0.1) is 0 Å². The van der Waals surface area contributed by atoms with Crippen molar-refractivity contribution in [3.05, 3.63) is 28.8 Å². The van der Waals surface area contributed by atoms with E-state index < -0.39 is 0 Å². The summed E-state index contributed by atoms with van der Waals surface area (Å²) in [6.45, 7) is 0. The average molecular weight is 335 g/mol. The third kappa shape index (κ3) is 4.41. The van der Waals surface area contributed by atoms with E-state index in [2.05, 4.69) is 5.16 Å². The van der Waals surface area contributed by atoms with E-state index in [1.54, 1.807) is 0 Å². The Hall–Kier alpha value is -1.22. The first kappa shape index (κ1) is 16.6. The average Bonchev–Trinajstić information content (AvgIpc) is 2.60. The molecule has 0 atom stereocenters. The standard InChI is InChI=1S/C19H27ClN2O/c20-15-11-12-18(21)17(13-15)19(14-7-3-1-4-8-14)22-23-16-9-5-2-6-10-16/h11-14,16H,1-10,21H2/b22-19+. The van der Waals surface area contributed by atoms with Gasteiger partial charge in [-0.05, 0) is 56.7 Å². The molecule has 126 valence electrons. The number of benzene rings is 1. The van der Waals surface area contributed by atoms with Crippen molar-refractivity contribution in [1.29, 1.82) is 0 Å². The van der Waals surface area contributed by atoms with Crippen molar-refractivity contribution in [2.24, 2.45) is 11.1 Å². The van der Waals surface area contributed by atoms with Crippen molar-refractivity contribution in [3.8, 4) is 0 Å². The Labute approximate surface area is 144 Å². The van der Waals surface area contributed by atoms with Crippen LogP contribution in [0.2, 0.25) is 5.02 Å². The molecule has 0 radical (unpaired) electrons. The van der Waals surface area contributed by atoms with Crippen LogP contribution in [0, 0.1) is 5.92 Å². The minimum atomic E-state index is 0.266. The van der Waals surface area contributed by atoms with Crippen LogP contribution in [0.15, 0.2) is 23.4 Å². The Kier molecular flexibility index (Phi) is 5.82. The second kappa shape index (κ2) is 8.05. The van der Waals surface area contributed by atoms with Gasteiger partial charge in [-0.1, -0.05) is 42.4 Å². The highest BCUT2D eigenvalue weighted by Gasteiger charge is 2.24. The van der Waals surface area contributed by atoms with Gasteiger partial charge in [0.25, 0.3) is 0 Å². The predicted octanol–water partition coefficient (Wildman–Crippen LogP) is 5.56. The number of nitrogen functional groups attached to an aromatic ring is 1. The van der Waals surface area contributed by atoms with Gasteiger partial charge in [0.15, 0.2) is 0 Å². The van der Waals surface area contributed by atoms with Crippen molar-refractivity contribution in [2.75, 3.05) is 5.73 Å². The van der Waals surface area contributed by atoms with E-state index in [9.17, 15) is 0 Å². The van der Waals surface area contributed by atoms with E-state index >= 15 is 0 Å². The Morgan fingerprint density at radius 2 is 1.65 bits per heavy atom.